The van der Waals surface area contributed by atoms with Crippen LogP contribution in [-0.4, -0.2) is 22.9 Å². The quantitative estimate of drug-likeness (QED) is 0.822. The molecule has 1 aliphatic carbocycles. The highest BCUT2D eigenvalue weighted by Gasteiger charge is 2.43. The van der Waals surface area contributed by atoms with Gasteiger partial charge in [-0.3, -0.25) is 10.1 Å². The molecule has 17 heavy (non-hydrogen) atoms. The van der Waals surface area contributed by atoms with Crippen LogP contribution in [0.1, 0.15) is 29.7 Å². The van der Waals surface area contributed by atoms with Crippen LogP contribution in [-0.2, 0) is 16.1 Å². The van der Waals surface area contributed by atoms with E-state index in [2.05, 4.69) is 16.8 Å². The average molecular weight is 269 g/mol. The van der Waals surface area contributed by atoms with E-state index in [0.29, 0.717) is 0 Å². The van der Waals surface area contributed by atoms with E-state index in [1.807, 2.05) is 11.8 Å². The number of nitrogens with one attached hydrogen (secondary N) is 1. The van der Waals surface area contributed by atoms with Crippen LogP contribution in [0.5, 0.6) is 0 Å². The van der Waals surface area contributed by atoms with Crippen molar-refractivity contribution < 1.29 is 9.90 Å². The van der Waals surface area contributed by atoms with Gasteiger partial charge in [-0.25, -0.2) is 0 Å². The lowest BCUT2D eigenvalue weighted by molar-refractivity contribution is -0.140. The molecule has 5 heteroatoms. The summed E-state index contributed by atoms with van der Waals surface area (Å²) in [5.41, 5.74) is 1.34. The molecule has 1 spiro atoms. The van der Waals surface area contributed by atoms with Crippen LogP contribution in [0, 0.1) is 0 Å². The molecule has 0 saturated carbocycles. The van der Waals surface area contributed by atoms with Crippen molar-refractivity contribution in [2.45, 2.75) is 36.6 Å². The molecular formula is C12H15NO2S2. The Bertz CT molecular complexity index is 445. The molecule has 1 saturated heterocycles. The fourth-order valence-electron chi connectivity index (χ4n) is 2.76. The predicted molar refractivity (Wildman–Crippen MR) is 70.6 cm³/mol. The average Bonchev–Trinajstić information content (AvgIpc) is 2.79. The van der Waals surface area contributed by atoms with Gasteiger partial charge < -0.3 is 5.11 Å². The van der Waals surface area contributed by atoms with E-state index < -0.39 is 5.97 Å². The molecule has 0 radical (unpaired) electrons. The van der Waals surface area contributed by atoms with Gasteiger partial charge in [0, 0.05) is 4.88 Å². The van der Waals surface area contributed by atoms with Crippen molar-refractivity contribution in [3.05, 3.63) is 21.9 Å². The highest BCUT2D eigenvalue weighted by molar-refractivity contribution is 8.00. The minimum absolute atomic E-state index is 0.130. The van der Waals surface area contributed by atoms with E-state index >= 15 is 0 Å². The Morgan fingerprint density at radius 1 is 1.59 bits per heavy atom. The van der Waals surface area contributed by atoms with Gasteiger partial charge in [0.25, 0.3) is 0 Å². The Hall–Kier alpha value is -0.520. The summed E-state index contributed by atoms with van der Waals surface area (Å²) in [5, 5.41) is 14.7. The number of fused-ring (bicyclic) bond motifs is 2. The number of hydrogen-bond donors (Lipinski definition) is 2. The first-order valence-corrected chi connectivity index (χ1v) is 7.79. The van der Waals surface area contributed by atoms with E-state index in [1.54, 1.807) is 11.3 Å². The monoisotopic (exact) mass is 269 g/mol. The molecule has 1 aromatic rings. The number of hydrogen-bond acceptors (Lipinski definition) is 4. The van der Waals surface area contributed by atoms with Crippen molar-refractivity contribution in [2.24, 2.45) is 0 Å². The lowest BCUT2D eigenvalue weighted by atomic mass is 9.92. The summed E-state index contributed by atoms with van der Waals surface area (Å²) in [7, 11) is 0. The third kappa shape index (κ3) is 1.90. The standard InChI is InChI=1S/C12H15NO2S2/c14-11(15)9-4-7-17-12(13-9)5-1-2-10-8(12)3-6-16-10/h3,6,9,13H,1-2,4-5,7H2,(H,14,15). The van der Waals surface area contributed by atoms with Crippen molar-refractivity contribution in [1.82, 2.24) is 5.32 Å². The van der Waals surface area contributed by atoms with Crippen LogP contribution in [0.3, 0.4) is 0 Å². The summed E-state index contributed by atoms with van der Waals surface area (Å²) >= 11 is 3.69. The number of carboxylic acid groups (broad SMARTS) is 1. The number of rotatable bonds is 1. The Labute approximate surface area is 109 Å². The molecule has 2 unspecified atom stereocenters. The zero-order valence-electron chi connectivity index (χ0n) is 9.44. The van der Waals surface area contributed by atoms with Crippen molar-refractivity contribution >= 4 is 29.1 Å². The Morgan fingerprint density at radius 3 is 3.29 bits per heavy atom. The number of aliphatic carboxylic acids is 1. The molecule has 2 atom stereocenters. The number of thioether (sulfide) groups is 1. The predicted octanol–water partition coefficient (Wildman–Crippen LogP) is 2.42. The molecule has 1 aromatic heterocycles. The summed E-state index contributed by atoms with van der Waals surface area (Å²) < 4.78 is 0. The van der Waals surface area contributed by atoms with Gasteiger partial charge in [0.2, 0.25) is 0 Å². The minimum atomic E-state index is -0.716. The van der Waals surface area contributed by atoms with Gasteiger partial charge in [0.15, 0.2) is 0 Å². The second-order valence-electron chi connectivity index (χ2n) is 4.61. The maximum absolute atomic E-state index is 11.2. The molecular weight excluding hydrogens is 254 g/mol. The second kappa shape index (κ2) is 4.30. The molecule has 2 heterocycles. The van der Waals surface area contributed by atoms with Gasteiger partial charge in [0.1, 0.15) is 6.04 Å². The van der Waals surface area contributed by atoms with E-state index in [4.69, 9.17) is 0 Å². The van der Waals surface area contributed by atoms with Crippen LogP contribution >= 0.6 is 23.1 Å². The molecule has 0 bridgehead atoms. The van der Waals surface area contributed by atoms with Crippen LogP contribution in [0.2, 0.25) is 0 Å². The minimum Gasteiger partial charge on any atom is -0.480 e. The van der Waals surface area contributed by atoms with Gasteiger partial charge in [-0.15, -0.1) is 23.1 Å². The van der Waals surface area contributed by atoms with Crippen molar-refractivity contribution in [1.29, 1.82) is 0 Å². The first-order chi connectivity index (χ1) is 8.21. The highest BCUT2D eigenvalue weighted by Crippen LogP contribution is 2.48. The molecule has 3 nitrogen and oxygen atoms in total. The molecule has 1 aliphatic heterocycles. The molecule has 92 valence electrons. The third-order valence-corrected chi connectivity index (χ3v) is 6.03. The molecule has 2 aliphatic rings. The van der Waals surface area contributed by atoms with Gasteiger partial charge in [-0.2, -0.15) is 0 Å². The first-order valence-electron chi connectivity index (χ1n) is 5.93. The number of carbonyl (C=O) groups is 1. The third-order valence-electron chi connectivity index (χ3n) is 3.57. The second-order valence-corrected chi connectivity index (χ2v) is 7.00. The van der Waals surface area contributed by atoms with Crippen LogP contribution in [0.15, 0.2) is 11.4 Å². The molecule has 2 N–H and O–H groups in total. The first kappa shape index (κ1) is 11.6. The van der Waals surface area contributed by atoms with Crippen LogP contribution < -0.4 is 5.32 Å². The lowest BCUT2D eigenvalue weighted by Crippen LogP contribution is -2.53. The Morgan fingerprint density at radius 2 is 2.47 bits per heavy atom. The summed E-state index contributed by atoms with van der Waals surface area (Å²) in [6.45, 7) is 0. The smallest absolute Gasteiger partial charge is 0.320 e. The molecule has 0 aromatic carbocycles. The topological polar surface area (TPSA) is 49.3 Å². The summed E-state index contributed by atoms with van der Waals surface area (Å²) in [6, 6.07) is 1.78. The maximum Gasteiger partial charge on any atom is 0.320 e. The molecule has 3 rings (SSSR count). The van der Waals surface area contributed by atoms with Crippen molar-refractivity contribution in [3.63, 3.8) is 0 Å². The van der Waals surface area contributed by atoms with Crippen molar-refractivity contribution in [3.8, 4) is 0 Å². The Balaban J connectivity index is 1.94. The molecule has 1 fully saturated rings. The zero-order chi connectivity index (χ0) is 11.9. The fourth-order valence-corrected chi connectivity index (χ4v) is 5.39. The van der Waals surface area contributed by atoms with E-state index in [-0.39, 0.29) is 10.9 Å². The summed E-state index contributed by atoms with van der Waals surface area (Å²) in [6.07, 6.45) is 4.07. The van der Waals surface area contributed by atoms with Crippen molar-refractivity contribution in [2.75, 3.05) is 5.75 Å². The van der Waals surface area contributed by atoms with Crippen LogP contribution in [0.25, 0.3) is 0 Å². The lowest BCUT2D eigenvalue weighted by Gasteiger charge is -2.43. The number of aryl methyl sites for hydroxylation is 1. The summed E-state index contributed by atoms with van der Waals surface area (Å²) in [5.74, 6) is 0.214. The van der Waals surface area contributed by atoms with E-state index in [0.717, 1.165) is 31.4 Å². The van der Waals surface area contributed by atoms with Crippen LogP contribution in [0.4, 0.5) is 0 Å². The van der Waals surface area contributed by atoms with E-state index in [1.165, 1.54) is 10.4 Å². The fraction of sp³-hybridized carbons (Fsp3) is 0.583. The van der Waals surface area contributed by atoms with Gasteiger partial charge in [-0.1, -0.05) is 0 Å². The highest BCUT2D eigenvalue weighted by atomic mass is 32.2. The summed E-state index contributed by atoms with van der Waals surface area (Å²) in [4.78, 5) is 12.5. The maximum atomic E-state index is 11.2. The largest absolute Gasteiger partial charge is 0.480 e. The SMILES string of the molecule is O=C(O)C1CCSC2(CCCc3sccc32)N1. The van der Waals surface area contributed by atoms with E-state index in [9.17, 15) is 9.90 Å². The van der Waals surface area contributed by atoms with Gasteiger partial charge in [0.05, 0.1) is 4.87 Å². The zero-order valence-corrected chi connectivity index (χ0v) is 11.1. The van der Waals surface area contributed by atoms with Gasteiger partial charge in [-0.05, 0) is 48.4 Å². The molecule has 0 amide bonds. The number of carboxylic acids is 1. The normalized spacial score (nSPS) is 32.4. The number of thiophene rings is 1. The Kier molecular flexibility index (Phi) is 2.92. The van der Waals surface area contributed by atoms with Gasteiger partial charge >= 0.3 is 5.97 Å².